The number of aromatic amines is 1. The number of aromatic nitrogens is 2. The summed E-state index contributed by atoms with van der Waals surface area (Å²) in [6.45, 7) is 0.990. The van der Waals surface area contributed by atoms with Crippen LogP contribution in [0.25, 0.3) is 10.9 Å². The number of aliphatic hydroxyl groups excluding tert-OH is 1. The lowest BCUT2D eigenvalue weighted by atomic mass is 10.2. The topological polar surface area (TPSA) is 98.3 Å². The van der Waals surface area contributed by atoms with Crippen molar-refractivity contribution in [1.29, 1.82) is 0 Å². The van der Waals surface area contributed by atoms with Crippen LogP contribution in [0.3, 0.4) is 0 Å². The maximum Gasteiger partial charge on any atom is 0.289 e. The first kappa shape index (κ1) is 14.7. The number of fused-ring (bicyclic) bond motifs is 1. The van der Waals surface area contributed by atoms with Gasteiger partial charge in [0.2, 0.25) is 0 Å². The van der Waals surface area contributed by atoms with E-state index in [0.717, 1.165) is 0 Å². The molecule has 0 aliphatic carbocycles. The fourth-order valence-electron chi connectivity index (χ4n) is 2.72. The van der Waals surface area contributed by atoms with E-state index in [1.165, 1.54) is 4.90 Å². The summed E-state index contributed by atoms with van der Waals surface area (Å²) in [5, 5.41) is 13.1. The highest BCUT2D eigenvalue weighted by atomic mass is 16.3. The number of carbonyl (C=O) groups excluding carboxylic acids is 1. The van der Waals surface area contributed by atoms with Gasteiger partial charge in [-0.1, -0.05) is 12.1 Å². The minimum Gasteiger partial charge on any atom is -0.392 e. The van der Waals surface area contributed by atoms with Crippen molar-refractivity contribution in [2.75, 3.05) is 20.1 Å². The van der Waals surface area contributed by atoms with Gasteiger partial charge in [-0.2, -0.15) is 0 Å². The standard InChI is InChI=1S/C15H18N4O3/c1-19(8-9-6-10(20)7-16-9)15(22)13-17-12-5-3-2-4-11(12)14(21)18-13/h2-5,9-10,16,20H,6-8H2,1H3,(H,17,18,21)/t9-,10+/m0/s1. The van der Waals surface area contributed by atoms with Crippen LogP contribution >= 0.6 is 0 Å². The van der Waals surface area contributed by atoms with Crippen LogP contribution in [0.2, 0.25) is 0 Å². The number of benzene rings is 1. The molecule has 1 aliphatic rings. The second-order valence-corrected chi connectivity index (χ2v) is 5.61. The molecule has 22 heavy (non-hydrogen) atoms. The second-order valence-electron chi connectivity index (χ2n) is 5.61. The normalized spacial score (nSPS) is 21.2. The molecule has 0 radical (unpaired) electrons. The zero-order valence-electron chi connectivity index (χ0n) is 12.2. The van der Waals surface area contributed by atoms with E-state index in [0.29, 0.717) is 30.4 Å². The number of H-pyrrole nitrogens is 1. The number of amides is 1. The van der Waals surface area contributed by atoms with E-state index in [1.54, 1.807) is 31.3 Å². The van der Waals surface area contributed by atoms with E-state index in [9.17, 15) is 14.7 Å². The molecule has 0 unspecified atom stereocenters. The molecule has 0 saturated carbocycles. The molecule has 0 bridgehead atoms. The van der Waals surface area contributed by atoms with Gasteiger partial charge in [-0.15, -0.1) is 0 Å². The summed E-state index contributed by atoms with van der Waals surface area (Å²) in [7, 11) is 1.66. The second kappa shape index (κ2) is 5.86. The van der Waals surface area contributed by atoms with Gasteiger partial charge in [0.25, 0.3) is 11.5 Å². The zero-order valence-corrected chi connectivity index (χ0v) is 12.2. The van der Waals surface area contributed by atoms with Gasteiger partial charge in [0.05, 0.1) is 17.0 Å². The Hall–Kier alpha value is -2.25. The molecule has 116 valence electrons. The number of para-hydroxylation sites is 1. The van der Waals surface area contributed by atoms with E-state index in [1.807, 2.05) is 0 Å². The Morgan fingerprint density at radius 3 is 2.95 bits per heavy atom. The third kappa shape index (κ3) is 2.86. The monoisotopic (exact) mass is 302 g/mol. The molecule has 0 spiro atoms. The van der Waals surface area contributed by atoms with Crippen LogP contribution in [-0.2, 0) is 0 Å². The molecule has 3 N–H and O–H groups in total. The van der Waals surface area contributed by atoms with Crippen LogP contribution in [0.1, 0.15) is 17.0 Å². The average Bonchev–Trinajstić information content (AvgIpc) is 2.91. The Bertz CT molecular complexity index is 758. The smallest absolute Gasteiger partial charge is 0.289 e. The SMILES string of the molecule is CN(C[C@@H]1C[C@@H](O)CN1)C(=O)c1nc2ccccc2c(=O)[nH]1. The molecule has 7 nitrogen and oxygen atoms in total. The molecule has 3 rings (SSSR count). The Morgan fingerprint density at radius 2 is 2.23 bits per heavy atom. The van der Waals surface area contributed by atoms with Crippen molar-refractivity contribution < 1.29 is 9.90 Å². The van der Waals surface area contributed by atoms with Crippen molar-refractivity contribution in [3.05, 3.63) is 40.4 Å². The Balaban J connectivity index is 1.81. The Labute approximate surface area is 127 Å². The van der Waals surface area contributed by atoms with Crippen LogP contribution in [0, 0.1) is 0 Å². The summed E-state index contributed by atoms with van der Waals surface area (Å²) in [5.74, 6) is -0.309. The van der Waals surface area contributed by atoms with E-state index < -0.39 is 0 Å². The number of hydrogen-bond acceptors (Lipinski definition) is 5. The van der Waals surface area contributed by atoms with Gasteiger partial charge in [-0.25, -0.2) is 4.98 Å². The summed E-state index contributed by atoms with van der Waals surface area (Å²) >= 11 is 0. The first-order chi connectivity index (χ1) is 10.5. The summed E-state index contributed by atoms with van der Waals surface area (Å²) in [5.41, 5.74) is 0.175. The van der Waals surface area contributed by atoms with Crippen LogP contribution in [0.4, 0.5) is 0 Å². The molecule has 2 atom stereocenters. The average molecular weight is 302 g/mol. The van der Waals surface area contributed by atoms with Crippen molar-refractivity contribution in [2.45, 2.75) is 18.6 Å². The molecule has 2 heterocycles. The lowest BCUT2D eigenvalue weighted by Crippen LogP contribution is -2.39. The summed E-state index contributed by atoms with van der Waals surface area (Å²) in [6.07, 6.45) is 0.242. The molecule has 1 fully saturated rings. The minimum atomic E-state index is -0.368. The number of carbonyl (C=O) groups is 1. The molecular formula is C15H18N4O3. The minimum absolute atomic E-state index is 0.0322. The predicted octanol–water partition coefficient (Wildman–Crippen LogP) is -0.282. The van der Waals surface area contributed by atoms with Crippen molar-refractivity contribution in [3.63, 3.8) is 0 Å². The summed E-state index contributed by atoms with van der Waals surface area (Å²) < 4.78 is 0. The molecule has 1 aromatic heterocycles. The lowest BCUT2D eigenvalue weighted by molar-refractivity contribution is 0.0769. The molecule has 1 aliphatic heterocycles. The highest BCUT2D eigenvalue weighted by molar-refractivity contribution is 5.92. The molecule has 1 amide bonds. The van der Waals surface area contributed by atoms with Crippen molar-refractivity contribution >= 4 is 16.8 Å². The van der Waals surface area contributed by atoms with Crippen molar-refractivity contribution in [2.24, 2.45) is 0 Å². The fraction of sp³-hybridized carbons (Fsp3) is 0.400. The van der Waals surface area contributed by atoms with Crippen molar-refractivity contribution in [1.82, 2.24) is 20.2 Å². The highest BCUT2D eigenvalue weighted by Gasteiger charge is 2.25. The molecule has 2 aromatic rings. The number of nitrogens with zero attached hydrogens (tertiary/aromatic N) is 2. The molecule has 1 saturated heterocycles. The number of hydrogen-bond donors (Lipinski definition) is 3. The van der Waals surface area contributed by atoms with Gasteiger partial charge in [0.15, 0.2) is 5.82 Å². The van der Waals surface area contributed by atoms with Crippen molar-refractivity contribution in [3.8, 4) is 0 Å². The highest BCUT2D eigenvalue weighted by Crippen LogP contribution is 2.10. The predicted molar refractivity (Wildman–Crippen MR) is 81.7 cm³/mol. The Morgan fingerprint density at radius 1 is 1.45 bits per heavy atom. The third-order valence-corrected chi connectivity index (χ3v) is 3.86. The quantitative estimate of drug-likeness (QED) is 0.724. The largest absolute Gasteiger partial charge is 0.392 e. The number of aliphatic hydroxyl groups is 1. The van der Waals surface area contributed by atoms with Gasteiger partial charge in [0.1, 0.15) is 0 Å². The maximum atomic E-state index is 12.4. The van der Waals surface area contributed by atoms with E-state index in [2.05, 4.69) is 15.3 Å². The number of rotatable bonds is 3. The Kier molecular flexibility index (Phi) is 3.91. The van der Waals surface area contributed by atoms with E-state index in [-0.39, 0.29) is 29.4 Å². The van der Waals surface area contributed by atoms with Gasteiger partial charge in [-0.3, -0.25) is 9.59 Å². The van der Waals surface area contributed by atoms with E-state index >= 15 is 0 Å². The molecular weight excluding hydrogens is 284 g/mol. The summed E-state index contributed by atoms with van der Waals surface area (Å²) in [6, 6.07) is 6.95. The van der Waals surface area contributed by atoms with Gasteiger partial charge < -0.3 is 20.3 Å². The number of β-amino-alcohol motifs (C(OH)–C–C–N with tert-alkyl or cyclic N) is 1. The van der Waals surface area contributed by atoms with Gasteiger partial charge >= 0.3 is 0 Å². The van der Waals surface area contributed by atoms with Gasteiger partial charge in [-0.05, 0) is 18.6 Å². The third-order valence-electron chi connectivity index (χ3n) is 3.86. The van der Waals surface area contributed by atoms with Crippen LogP contribution in [0.15, 0.2) is 29.1 Å². The fourth-order valence-corrected chi connectivity index (χ4v) is 2.72. The number of likely N-dealkylation sites (N-methyl/N-ethyl adjacent to an activating group) is 1. The summed E-state index contributed by atoms with van der Waals surface area (Å²) in [4.78, 5) is 32.7. The lowest BCUT2D eigenvalue weighted by Gasteiger charge is -2.20. The number of nitrogens with one attached hydrogen (secondary N) is 2. The first-order valence-corrected chi connectivity index (χ1v) is 7.20. The molecule has 7 heteroatoms. The first-order valence-electron chi connectivity index (χ1n) is 7.20. The van der Waals surface area contributed by atoms with Crippen LogP contribution in [-0.4, -0.2) is 58.2 Å². The molecule has 1 aromatic carbocycles. The maximum absolute atomic E-state index is 12.4. The van der Waals surface area contributed by atoms with E-state index in [4.69, 9.17) is 0 Å². The van der Waals surface area contributed by atoms with Crippen LogP contribution in [0.5, 0.6) is 0 Å². The van der Waals surface area contributed by atoms with Crippen LogP contribution < -0.4 is 10.9 Å². The zero-order chi connectivity index (χ0) is 15.7. The van der Waals surface area contributed by atoms with Gasteiger partial charge in [0, 0.05) is 26.2 Å².